The summed E-state index contributed by atoms with van der Waals surface area (Å²) in [6, 6.07) is -0.947. The second-order valence-corrected chi connectivity index (χ2v) is 2.45. The number of hydrogen-bond donors (Lipinski definition) is 2. The molecule has 3 N–H and O–H groups in total. The molecule has 1 amide bonds. The SMILES string of the molecule is CC[C@@H](C=O)NC(=O)[C@H](C)N. The van der Waals surface area contributed by atoms with Gasteiger partial charge in [-0.15, -0.1) is 0 Å². The van der Waals surface area contributed by atoms with E-state index < -0.39 is 12.1 Å². The lowest BCUT2D eigenvalue weighted by Crippen LogP contribution is -2.44. The van der Waals surface area contributed by atoms with Crippen LogP contribution in [0.25, 0.3) is 0 Å². The summed E-state index contributed by atoms with van der Waals surface area (Å²) >= 11 is 0. The van der Waals surface area contributed by atoms with Crippen molar-refractivity contribution in [3.8, 4) is 0 Å². The molecular weight excluding hydrogens is 144 g/mol. The highest BCUT2D eigenvalue weighted by Gasteiger charge is 2.11. The first-order valence-electron chi connectivity index (χ1n) is 3.63. The van der Waals surface area contributed by atoms with Crippen LogP contribution >= 0.6 is 0 Å². The number of aldehydes is 1. The molecule has 0 unspecified atom stereocenters. The average molecular weight is 158 g/mol. The van der Waals surface area contributed by atoms with Crippen LogP contribution < -0.4 is 11.1 Å². The van der Waals surface area contributed by atoms with Gasteiger partial charge in [0.2, 0.25) is 5.91 Å². The molecule has 0 saturated carbocycles. The smallest absolute Gasteiger partial charge is 0.237 e. The Kier molecular flexibility index (Phi) is 4.45. The fraction of sp³-hybridized carbons (Fsp3) is 0.714. The van der Waals surface area contributed by atoms with Crippen LogP contribution in [0.4, 0.5) is 0 Å². The van der Waals surface area contributed by atoms with E-state index in [1.165, 1.54) is 0 Å². The van der Waals surface area contributed by atoms with Gasteiger partial charge in [0.15, 0.2) is 0 Å². The first-order valence-corrected chi connectivity index (χ1v) is 3.63. The maximum Gasteiger partial charge on any atom is 0.237 e. The van der Waals surface area contributed by atoms with E-state index in [-0.39, 0.29) is 5.91 Å². The number of carbonyl (C=O) groups is 2. The van der Waals surface area contributed by atoms with E-state index in [1.807, 2.05) is 6.92 Å². The topological polar surface area (TPSA) is 72.2 Å². The third kappa shape index (κ3) is 3.72. The number of hydrogen-bond acceptors (Lipinski definition) is 3. The van der Waals surface area contributed by atoms with Crippen LogP contribution in [0, 0.1) is 0 Å². The quantitative estimate of drug-likeness (QED) is 0.538. The number of nitrogens with two attached hydrogens (primary N) is 1. The summed E-state index contributed by atoms with van der Waals surface area (Å²) in [5.41, 5.74) is 5.27. The molecule has 64 valence electrons. The van der Waals surface area contributed by atoms with Crippen LogP contribution in [0.15, 0.2) is 0 Å². The molecule has 0 aromatic heterocycles. The predicted octanol–water partition coefficient (Wildman–Crippen LogP) is -0.573. The predicted molar refractivity (Wildman–Crippen MR) is 41.9 cm³/mol. The van der Waals surface area contributed by atoms with Gasteiger partial charge in [0, 0.05) is 0 Å². The molecule has 2 atom stereocenters. The second-order valence-electron chi connectivity index (χ2n) is 2.45. The fourth-order valence-electron chi connectivity index (χ4n) is 0.546. The standard InChI is InChI=1S/C7H14N2O2/c1-3-6(4-10)9-7(11)5(2)8/h4-6H,3,8H2,1-2H3,(H,9,11)/t5-,6-/m0/s1. The van der Waals surface area contributed by atoms with Crippen molar-refractivity contribution in [1.29, 1.82) is 0 Å². The second kappa shape index (κ2) is 4.85. The van der Waals surface area contributed by atoms with E-state index in [9.17, 15) is 9.59 Å². The first kappa shape index (κ1) is 10.1. The van der Waals surface area contributed by atoms with Crippen molar-refractivity contribution in [2.24, 2.45) is 5.73 Å². The number of rotatable bonds is 4. The molecule has 0 heterocycles. The van der Waals surface area contributed by atoms with Gasteiger partial charge in [-0.1, -0.05) is 6.92 Å². The Labute approximate surface area is 66.1 Å². The molecule has 0 bridgehead atoms. The van der Waals surface area contributed by atoms with Crippen molar-refractivity contribution in [3.63, 3.8) is 0 Å². The minimum absolute atomic E-state index is 0.288. The Morgan fingerprint density at radius 3 is 2.55 bits per heavy atom. The van der Waals surface area contributed by atoms with Crippen molar-refractivity contribution in [1.82, 2.24) is 5.32 Å². The van der Waals surface area contributed by atoms with Crippen LogP contribution in [0.2, 0.25) is 0 Å². The minimum atomic E-state index is -0.552. The highest BCUT2D eigenvalue weighted by atomic mass is 16.2. The van der Waals surface area contributed by atoms with E-state index in [0.717, 1.165) is 0 Å². The number of amides is 1. The Bertz CT molecular complexity index is 145. The summed E-state index contributed by atoms with van der Waals surface area (Å²) in [5.74, 6) is -0.288. The summed E-state index contributed by atoms with van der Waals surface area (Å²) in [6.07, 6.45) is 1.31. The van der Waals surface area contributed by atoms with Gasteiger partial charge in [-0.05, 0) is 13.3 Å². The summed E-state index contributed by atoms with van der Waals surface area (Å²) in [6.45, 7) is 3.40. The van der Waals surface area contributed by atoms with Crippen LogP contribution in [-0.2, 0) is 9.59 Å². The summed E-state index contributed by atoms with van der Waals surface area (Å²) in [4.78, 5) is 21.1. The molecular formula is C7H14N2O2. The maximum atomic E-state index is 10.9. The number of nitrogens with one attached hydrogen (secondary N) is 1. The fourth-order valence-corrected chi connectivity index (χ4v) is 0.546. The molecule has 0 spiro atoms. The van der Waals surface area contributed by atoms with E-state index in [2.05, 4.69) is 5.32 Å². The molecule has 4 nitrogen and oxygen atoms in total. The van der Waals surface area contributed by atoms with E-state index >= 15 is 0 Å². The molecule has 0 radical (unpaired) electrons. The highest BCUT2D eigenvalue weighted by Crippen LogP contribution is 1.86. The Morgan fingerprint density at radius 1 is 1.73 bits per heavy atom. The van der Waals surface area contributed by atoms with Crippen LogP contribution in [0.3, 0.4) is 0 Å². The lowest BCUT2D eigenvalue weighted by molar-refractivity contribution is -0.124. The lowest BCUT2D eigenvalue weighted by atomic mass is 10.2. The molecule has 11 heavy (non-hydrogen) atoms. The molecule has 0 fully saturated rings. The largest absolute Gasteiger partial charge is 0.345 e. The van der Waals surface area contributed by atoms with Gasteiger partial charge < -0.3 is 15.8 Å². The van der Waals surface area contributed by atoms with E-state index in [0.29, 0.717) is 12.7 Å². The zero-order chi connectivity index (χ0) is 8.85. The monoisotopic (exact) mass is 158 g/mol. The van der Waals surface area contributed by atoms with Gasteiger partial charge in [-0.2, -0.15) is 0 Å². The molecule has 0 saturated heterocycles. The molecule has 4 heteroatoms. The zero-order valence-electron chi connectivity index (χ0n) is 6.83. The minimum Gasteiger partial charge on any atom is -0.345 e. The Morgan fingerprint density at radius 2 is 2.27 bits per heavy atom. The highest BCUT2D eigenvalue weighted by molar-refractivity contribution is 5.83. The van der Waals surface area contributed by atoms with Gasteiger partial charge >= 0.3 is 0 Å². The van der Waals surface area contributed by atoms with Crippen LogP contribution in [-0.4, -0.2) is 24.3 Å². The summed E-state index contributed by atoms with van der Waals surface area (Å²) < 4.78 is 0. The van der Waals surface area contributed by atoms with Gasteiger partial charge in [0.25, 0.3) is 0 Å². The van der Waals surface area contributed by atoms with Crippen molar-refractivity contribution in [2.45, 2.75) is 32.4 Å². The van der Waals surface area contributed by atoms with Gasteiger partial charge in [0.05, 0.1) is 12.1 Å². The zero-order valence-corrected chi connectivity index (χ0v) is 6.83. The molecule has 0 aliphatic heterocycles. The summed E-state index contributed by atoms with van der Waals surface area (Å²) in [7, 11) is 0. The maximum absolute atomic E-state index is 10.9. The van der Waals surface area contributed by atoms with E-state index in [1.54, 1.807) is 6.92 Å². The van der Waals surface area contributed by atoms with Gasteiger partial charge in [-0.3, -0.25) is 4.79 Å². The Hall–Kier alpha value is -0.900. The van der Waals surface area contributed by atoms with Gasteiger partial charge in [0.1, 0.15) is 6.29 Å². The van der Waals surface area contributed by atoms with Gasteiger partial charge in [-0.25, -0.2) is 0 Å². The van der Waals surface area contributed by atoms with Crippen molar-refractivity contribution >= 4 is 12.2 Å². The molecule has 0 aromatic rings. The first-order chi connectivity index (χ1) is 5.11. The van der Waals surface area contributed by atoms with E-state index in [4.69, 9.17) is 5.73 Å². The third-order valence-electron chi connectivity index (χ3n) is 1.35. The van der Waals surface area contributed by atoms with Crippen LogP contribution in [0.5, 0.6) is 0 Å². The Balaban J connectivity index is 3.81. The molecule has 0 rings (SSSR count). The average Bonchev–Trinajstić information content (AvgIpc) is 1.99. The third-order valence-corrected chi connectivity index (χ3v) is 1.35. The molecule has 0 aliphatic rings. The van der Waals surface area contributed by atoms with Crippen molar-refractivity contribution < 1.29 is 9.59 Å². The molecule has 0 aromatic carbocycles. The van der Waals surface area contributed by atoms with Crippen LogP contribution in [0.1, 0.15) is 20.3 Å². The lowest BCUT2D eigenvalue weighted by Gasteiger charge is -2.11. The number of carbonyl (C=O) groups excluding carboxylic acids is 2. The van der Waals surface area contributed by atoms with Crippen molar-refractivity contribution in [3.05, 3.63) is 0 Å². The molecule has 0 aliphatic carbocycles. The normalized spacial score (nSPS) is 15.2. The summed E-state index contributed by atoms with van der Waals surface area (Å²) in [5, 5.41) is 2.48. The van der Waals surface area contributed by atoms with Crippen molar-refractivity contribution in [2.75, 3.05) is 0 Å².